The van der Waals surface area contributed by atoms with Gasteiger partial charge in [-0.2, -0.15) is 0 Å². The van der Waals surface area contributed by atoms with Crippen molar-refractivity contribution in [2.75, 3.05) is 26.3 Å². The highest BCUT2D eigenvalue weighted by atomic mass is 16.5. The van der Waals surface area contributed by atoms with Gasteiger partial charge in [0.2, 0.25) is 5.91 Å². The molecule has 0 aliphatic carbocycles. The summed E-state index contributed by atoms with van der Waals surface area (Å²) in [6.07, 6.45) is 6.45. The van der Waals surface area contributed by atoms with Crippen LogP contribution in [-0.2, 0) is 14.9 Å². The van der Waals surface area contributed by atoms with E-state index in [4.69, 9.17) is 9.72 Å². The fourth-order valence-electron chi connectivity index (χ4n) is 4.36. The summed E-state index contributed by atoms with van der Waals surface area (Å²) in [7, 11) is 0. The van der Waals surface area contributed by atoms with Crippen LogP contribution in [0.5, 0.6) is 0 Å². The standard InChI is InChI=1S/C24H29N3O2/c1-3-29-16-10-23(28)26-14-11-24(12-15-26,20-7-5-4-6-8-20)21-18-27-13-9-19(2)17-22(27)25-21/h4-9,13,17-18H,3,10-12,14-16H2,1-2H3. The van der Waals surface area contributed by atoms with Crippen LogP contribution in [0, 0.1) is 6.92 Å². The molecule has 0 unspecified atom stereocenters. The maximum absolute atomic E-state index is 12.6. The maximum atomic E-state index is 12.6. The van der Waals surface area contributed by atoms with Gasteiger partial charge in [0.1, 0.15) is 5.65 Å². The number of imidazole rings is 1. The predicted octanol–water partition coefficient (Wildman–Crippen LogP) is 3.98. The van der Waals surface area contributed by atoms with Crippen LogP contribution in [0.15, 0.2) is 54.9 Å². The number of hydrogen-bond donors (Lipinski definition) is 0. The van der Waals surface area contributed by atoms with Crippen LogP contribution in [0.1, 0.15) is 43.0 Å². The molecule has 0 bridgehead atoms. The normalized spacial score (nSPS) is 16.3. The monoisotopic (exact) mass is 391 g/mol. The lowest BCUT2D eigenvalue weighted by Gasteiger charge is -2.41. The number of nitrogens with zero attached hydrogens (tertiary/aromatic N) is 3. The summed E-state index contributed by atoms with van der Waals surface area (Å²) < 4.78 is 7.46. The van der Waals surface area contributed by atoms with Crippen molar-refractivity contribution in [3.63, 3.8) is 0 Å². The minimum absolute atomic E-state index is 0.169. The van der Waals surface area contributed by atoms with E-state index in [9.17, 15) is 4.79 Å². The number of carbonyl (C=O) groups is 1. The summed E-state index contributed by atoms with van der Waals surface area (Å²) in [6.45, 7) is 6.68. The molecule has 5 heteroatoms. The molecule has 0 saturated carbocycles. The van der Waals surface area contributed by atoms with Crippen molar-refractivity contribution in [3.8, 4) is 0 Å². The van der Waals surface area contributed by atoms with Gasteiger partial charge in [-0.3, -0.25) is 4.79 Å². The zero-order valence-electron chi connectivity index (χ0n) is 17.3. The summed E-state index contributed by atoms with van der Waals surface area (Å²) in [5, 5.41) is 0. The van der Waals surface area contributed by atoms with Crippen molar-refractivity contribution in [1.29, 1.82) is 0 Å². The van der Waals surface area contributed by atoms with E-state index in [0.29, 0.717) is 19.6 Å². The van der Waals surface area contributed by atoms with Crippen LogP contribution < -0.4 is 0 Å². The Hall–Kier alpha value is -2.66. The van der Waals surface area contributed by atoms with Crippen molar-refractivity contribution >= 4 is 11.6 Å². The third-order valence-electron chi connectivity index (χ3n) is 6.07. The Morgan fingerprint density at radius 2 is 1.93 bits per heavy atom. The molecule has 3 heterocycles. The molecule has 3 aromatic rings. The van der Waals surface area contributed by atoms with Crippen molar-refractivity contribution in [1.82, 2.24) is 14.3 Å². The van der Waals surface area contributed by atoms with Crippen LogP contribution in [0.2, 0.25) is 0 Å². The first kappa shape index (κ1) is 19.6. The molecule has 1 amide bonds. The summed E-state index contributed by atoms with van der Waals surface area (Å²) in [5.41, 5.74) is 4.39. The lowest BCUT2D eigenvalue weighted by molar-refractivity contribution is -0.133. The molecule has 0 N–H and O–H groups in total. The molecule has 2 aromatic heterocycles. The van der Waals surface area contributed by atoms with E-state index in [0.717, 1.165) is 37.3 Å². The molecule has 0 radical (unpaired) electrons. The highest BCUT2D eigenvalue weighted by Gasteiger charge is 2.40. The van der Waals surface area contributed by atoms with Gasteiger partial charge in [-0.1, -0.05) is 30.3 Å². The van der Waals surface area contributed by atoms with Gasteiger partial charge in [-0.25, -0.2) is 4.98 Å². The first-order valence-corrected chi connectivity index (χ1v) is 10.5. The van der Waals surface area contributed by atoms with Crippen molar-refractivity contribution in [2.24, 2.45) is 0 Å². The predicted molar refractivity (Wildman–Crippen MR) is 114 cm³/mol. The minimum Gasteiger partial charge on any atom is -0.381 e. The highest BCUT2D eigenvalue weighted by molar-refractivity contribution is 5.76. The Morgan fingerprint density at radius 1 is 1.17 bits per heavy atom. The van der Waals surface area contributed by atoms with E-state index in [2.05, 4.69) is 66.2 Å². The van der Waals surface area contributed by atoms with Gasteiger partial charge in [0.25, 0.3) is 0 Å². The second kappa shape index (κ2) is 8.37. The number of ether oxygens (including phenoxy) is 1. The average molecular weight is 392 g/mol. The van der Waals surface area contributed by atoms with Gasteiger partial charge in [-0.15, -0.1) is 0 Å². The second-order valence-electron chi connectivity index (χ2n) is 7.87. The number of carbonyl (C=O) groups excluding carboxylic acids is 1. The topological polar surface area (TPSA) is 46.8 Å². The van der Waals surface area contributed by atoms with Gasteiger partial charge in [0.15, 0.2) is 0 Å². The third kappa shape index (κ3) is 3.92. The lowest BCUT2D eigenvalue weighted by atomic mass is 9.70. The molecule has 1 aromatic carbocycles. The molecule has 1 saturated heterocycles. The third-order valence-corrected chi connectivity index (χ3v) is 6.07. The first-order valence-electron chi connectivity index (χ1n) is 10.5. The van der Waals surface area contributed by atoms with Crippen LogP contribution in [0.4, 0.5) is 0 Å². The van der Waals surface area contributed by atoms with Crippen molar-refractivity contribution in [2.45, 2.75) is 38.5 Å². The largest absolute Gasteiger partial charge is 0.381 e. The highest BCUT2D eigenvalue weighted by Crippen LogP contribution is 2.41. The molecule has 1 fully saturated rings. The zero-order chi connectivity index (χ0) is 20.3. The Bertz CT molecular complexity index is 972. The number of aryl methyl sites for hydroxylation is 1. The first-order chi connectivity index (χ1) is 14.1. The van der Waals surface area contributed by atoms with Crippen molar-refractivity contribution < 1.29 is 9.53 Å². The number of benzene rings is 1. The number of rotatable bonds is 6. The van der Waals surface area contributed by atoms with Gasteiger partial charge < -0.3 is 14.0 Å². The van der Waals surface area contributed by atoms with Gasteiger partial charge >= 0.3 is 0 Å². The van der Waals surface area contributed by atoms with E-state index in [-0.39, 0.29) is 11.3 Å². The summed E-state index contributed by atoms with van der Waals surface area (Å²) in [5.74, 6) is 0.186. The zero-order valence-corrected chi connectivity index (χ0v) is 17.3. The van der Waals surface area contributed by atoms with E-state index in [1.807, 2.05) is 11.8 Å². The molecular weight excluding hydrogens is 362 g/mol. The smallest absolute Gasteiger partial charge is 0.224 e. The van der Waals surface area contributed by atoms with Crippen molar-refractivity contribution in [3.05, 3.63) is 71.7 Å². The number of likely N-dealkylation sites (tertiary alicyclic amines) is 1. The van der Waals surface area contributed by atoms with E-state index in [1.54, 1.807) is 0 Å². The lowest BCUT2D eigenvalue weighted by Crippen LogP contribution is -2.46. The quantitative estimate of drug-likeness (QED) is 0.597. The fraction of sp³-hybridized carbons (Fsp3) is 0.417. The second-order valence-corrected chi connectivity index (χ2v) is 7.87. The number of fused-ring (bicyclic) bond motifs is 1. The molecule has 1 aliphatic heterocycles. The number of piperidine rings is 1. The Labute approximate surface area is 172 Å². The van der Waals surface area contributed by atoms with E-state index in [1.165, 1.54) is 11.1 Å². The molecule has 5 nitrogen and oxygen atoms in total. The molecular formula is C24H29N3O2. The van der Waals surface area contributed by atoms with Gasteiger partial charge in [0.05, 0.1) is 18.7 Å². The van der Waals surface area contributed by atoms with Gasteiger partial charge in [-0.05, 0) is 49.9 Å². The Morgan fingerprint density at radius 3 is 2.66 bits per heavy atom. The summed E-state index contributed by atoms with van der Waals surface area (Å²) in [4.78, 5) is 19.6. The average Bonchev–Trinajstić information content (AvgIpc) is 3.18. The fourth-order valence-corrected chi connectivity index (χ4v) is 4.36. The van der Waals surface area contributed by atoms with Crippen LogP contribution in [0.3, 0.4) is 0 Å². The maximum Gasteiger partial charge on any atom is 0.224 e. The molecule has 29 heavy (non-hydrogen) atoms. The molecule has 0 spiro atoms. The van der Waals surface area contributed by atoms with E-state index >= 15 is 0 Å². The molecule has 4 rings (SSSR count). The Kier molecular flexibility index (Phi) is 5.67. The number of hydrogen-bond acceptors (Lipinski definition) is 3. The number of pyridine rings is 1. The molecule has 1 aliphatic rings. The molecule has 152 valence electrons. The number of aromatic nitrogens is 2. The number of amides is 1. The van der Waals surface area contributed by atoms with E-state index < -0.39 is 0 Å². The summed E-state index contributed by atoms with van der Waals surface area (Å²) >= 11 is 0. The Balaban J connectivity index is 1.62. The minimum atomic E-state index is -0.169. The summed E-state index contributed by atoms with van der Waals surface area (Å²) in [6, 6.07) is 14.9. The SMILES string of the molecule is CCOCCC(=O)N1CCC(c2ccccc2)(c2cn3ccc(C)cc3n2)CC1. The van der Waals surface area contributed by atoms with Crippen LogP contribution >= 0.6 is 0 Å². The molecule has 0 atom stereocenters. The van der Waals surface area contributed by atoms with Crippen LogP contribution in [-0.4, -0.2) is 46.5 Å². The van der Waals surface area contributed by atoms with Crippen LogP contribution in [0.25, 0.3) is 5.65 Å². The van der Waals surface area contributed by atoms with Gasteiger partial charge in [0, 0.05) is 37.5 Å².